The van der Waals surface area contributed by atoms with Gasteiger partial charge in [-0.3, -0.25) is 0 Å². The average Bonchev–Trinajstić information content (AvgIpc) is 3.16. The Balaban J connectivity index is 1.59. The Bertz CT molecular complexity index is 1650. The summed E-state index contributed by atoms with van der Waals surface area (Å²) in [4.78, 5) is 13.2. The van der Waals surface area contributed by atoms with E-state index in [1.165, 1.54) is 5.56 Å². The molecule has 0 aromatic heterocycles. The third-order valence-corrected chi connectivity index (χ3v) is 29.2. The van der Waals surface area contributed by atoms with E-state index in [2.05, 4.69) is 114 Å². The quantitative estimate of drug-likeness (QED) is 0.0667. The maximum absolute atomic E-state index is 13.2. The van der Waals surface area contributed by atoms with E-state index in [1.54, 1.807) is 7.11 Å². The third kappa shape index (κ3) is 16.1. The van der Waals surface area contributed by atoms with Crippen LogP contribution in [0.15, 0.2) is 30.3 Å². The van der Waals surface area contributed by atoms with E-state index in [-0.39, 0.29) is 45.6 Å². The van der Waals surface area contributed by atoms with Crippen molar-refractivity contribution in [1.29, 1.82) is 0 Å². The van der Waals surface area contributed by atoms with Crippen LogP contribution in [0.3, 0.4) is 0 Å². The van der Waals surface area contributed by atoms with Crippen molar-refractivity contribution in [1.82, 2.24) is 0 Å². The zero-order valence-corrected chi connectivity index (χ0v) is 48.4. The molecule has 1 aromatic carbocycles. The summed E-state index contributed by atoms with van der Waals surface area (Å²) in [6.07, 6.45) is 4.52. The molecule has 3 fully saturated rings. The van der Waals surface area contributed by atoms with Crippen LogP contribution in [0, 0.1) is 5.92 Å². The van der Waals surface area contributed by atoms with Crippen LogP contribution in [0.4, 0.5) is 0 Å². The highest BCUT2D eigenvalue weighted by Crippen LogP contribution is 2.47. The summed E-state index contributed by atoms with van der Waals surface area (Å²) in [6, 6.07) is 10.3. The first-order chi connectivity index (χ1) is 30.1. The van der Waals surface area contributed by atoms with Crippen molar-refractivity contribution in [3.8, 4) is 0 Å². The molecule has 11 nitrogen and oxygen atoms in total. The summed E-state index contributed by atoms with van der Waals surface area (Å²) in [5.74, 6) is -3.17. The van der Waals surface area contributed by atoms with Gasteiger partial charge in [0.05, 0.1) is 55.3 Å². The van der Waals surface area contributed by atoms with Crippen molar-refractivity contribution in [2.75, 3.05) is 20.3 Å². The lowest BCUT2D eigenvalue weighted by atomic mass is 9.84. The number of rotatable bonds is 21. The standard InChI is InChI=1S/C52H96O11Si3/c1-47(2,3)64(15,16)56-31-29-43-42(36-53)46(63-66(19,20)49(7,8)9)35-52(54-14,61-43)34-41-33-45(60-51(12,13)59-41)44(62-65(17,18)48(4,5)6)27-26-39-32-40(58-50(10,11)57-39)28-30-55-37-38-24-22-21-23-25-38/h21-25,36,39-46H,26-35,37H2,1-20H3/t39-,40+,41+,42-,43-,44+,45-,46-,52+/m0/s1. The van der Waals surface area contributed by atoms with Crippen molar-refractivity contribution in [2.45, 2.75) is 262 Å². The molecule has 0 bridgehead atoms. The average molecular weight is 982 g/mol. The molecule has 0 radical (unpaired) electrons. The van der Waals surface area contributed by atoms with Gasteiger partial charge in [0.1, 0.15) is 6.29 Å². The van der Waals surface area contributed by atoms with Crippen molar-refractivity contribution in [2.24, 2.45) is 5.92 Å². The van der Waals surface area contributed by atoms with Crippen molar-refractivity contribution < 1.29 is 51.2 Å². The molecular formula is C52H96O11Si3. The molecule has 9 atom stereocenters. The molecule has 0 N–H and O–H groups in total. The molecule has 3 aliphatic heterocycles. The topological polar surface area (TPSA) is 109 Å². The van der Waals surface area contributed by atoms with E-state index in [9.17, 15) is 4.79 Å². The normalized spacial score (nSPS) is 29.7. The van der Waals surface area contributed by atoms with Gasteiger partial charge in [0.15, 0.2) is 42.3 Å². The molecule has 0 unspecified atom stereocenters. The minimum Gasteiger partial charge on any atom is -0.417 e. The Hall–Kier alpha value is -0.859. The molecule has 4 rings (SSSR count). The molecule has 382 valence electrons. The van der Waals surface area contributed by atoms with Crippen LogP contribution in [-0.4, -0.2) is 112 Å². The Labute approximate surface area is 405 Å². The predicted molar refractivity (Wildman–Crippen MR) is 272 cm³/mol. The lowest BCUT2D eigenvalue weighted by Gasteiger charge is -2.52. The SMILES string of the molecule is CO[C@@]1(C[C@H]2C[C@@H]([C@@H](CC[C@H]3C[C@@H](CCOCc4ccccc4)OC(C)(C)O3)O[Si](C)(C)C(C)(C)C)OC(C)(C)O2)C[C@H](O[Si](C)(C)C(C)(C)C)[C@@H](C=O)[C@H](CCO[Si](C)(C)C(C)(C)C)O1. The van der Waals surface area contributed by atoms with Crippen molar-refractivity contribution in [3.63, 3.8) is 0 Å². The Morgan fingerprint density at radius 3 is 1.82 bits per heavy atom. The Morgan fingerprint density at radius 1 is 0.697 bits per heavy atom. The second-order valence-corrected chi connectivity index (χ2v) is 39.5. The largest absolute Gasteiger partial charge is 0.417 e. The van der Waals surface area contributed by atoms with Crippen molar-refractivity contribution >= 4 is 31.2 Å². The molecule has 0 aliphatic carbocycles. The van der Waals surface area contributed by atoms with E-state index in [1.807, 2.05) is 45.9 Å². The molecule has 0 saturated carbocycles. The van der Waals surface area contributed by atoms with Crippen LogP contribution in [0.1, 0.15) is 147 Å². The van der Waals surface area contributed by atoms with Gasteiger partial charge in [-0.25, -0.2) is 0 Å². The van der Waals surface area contributed by atoms with Gasteiger partial charge in [-0.2, -0.15) is 0 Å². The smallest absolute Gasteiger partial charge is 0.192 e. The number of ether oxygens (including phenoxy) is 7. The zero-order valence-electron chi connectivity index (χ0n) is 45.4. The van der Waals surface area contributed by atoms with Gasteiger partial charge in [0.2, 0.25) is 0 Å². The number of hydrogen-bond donors (Lipinski definition) is 0. The van der Waals surface area contributed by atoms with Gasteiger partial charge >= 0.3 is 0 Å². The maximum Gasteiger partial charge on any atom is 0.192 e. The molecule has 3 saturated heterocycles. The van der Waals surface area contributed by atoms with E-state index >= 15 is 0 Å². The van der Waals surface area contributed by atoms with Gasteiger partial charge in [0, 0.05) is 46.0 Å². The number of hydrogen-bond acceptors (Lipinski definition) is 11. The molecule has 3 heterocycles. The second kappa shape index (κ2) is 22.3. The first-order valence-electron chi connectivity index (χ1n) is 25.1. The lowest BCUT2D eigenvalue weighted by Crippen LogP contribution is -2.60. The highest BCUT2D eigenvalue weighted by molar-refractivity contribution is 6.75. The van der Waals surface area contributed by atoms with Gasteiger partial charge in [0.25, 0.3) is 0 Å². The van der Waals surface area contributed by atoms with Gasteiger partial charge in [-0.05, 0) is 113 Å². The number of carbonyl (C=O) groups is 1. The minimum atomic E-state index is -2.32. The fourth-order valence-electron chi connectivity index (χ4n) is 8.81. The van der Waals surface area contributed by atoms with Crippen LogP contribution < -0.4 is 0 Å². The monoisotopic (exact) mass is 981 g/mol. The van der Waals surface area contributed by atoms with Crippen LogP contribution in [0.2, 0.25) is 54.4 Å². The summed E-state index contributed by atoms with van der Waals surface area (Å²) in [5, 5.41) is -0.0143. The van der Waals surface area contributed by atoms with E-state index in [0.717, 1.165) is 32.0 Å². The zero-order chi connectivity index (χ0) is 49.8. The summed E-state index contributed by atoms with van der Waals surface area (Å²) in [7, 11) is -4.93. The molecule has 0 amide bonds. The molecule has 0 spiro atoms. The Morgan fingerprint density at radius 2 is 1.26 bits per heavy atom. The number of methoxy groups -OCH3 is 1. The van der Waals surface area contributed by atoms with Crippen LogP contribution in [-0.2, 0) is 57.8 Å². The van der Waals surface area contributed by atoms with Gasteiger partial charge in [-0.1, -0.05) is 92.6 Å². The van der Waals surface area contributed by atoms with Crippen molar-refractivity contribution in [3.05, 3.63) is 35.9 Å². The summed E-state index contributed by atoms with van der Waals surface area (Å²) in [6.45, 7) is 43.7. The fraction of sp³-hybridized carbons (Fsp3) is 0.865. The number of aldehydes is 1. The molecule has 1 aromatic rings. The highest BCUT2D eigenvalue weighted by Gasteiger charge is 2.54. The van der Waals surface area contributed by atoms with E-state index in [4.69, 9.17) is 46.4 Å². The van der Waals surface area contributed by atoms with Crippen LogP contribution in [0.25, 0.3) is 0 Å². The van der Waals surface area contributed by atoms with Gasteiger partial charge < -0.3 is 51.2 Å². The fourth-order valence-corrected chi connectivity index (χ4v) is 12.6. The predicted octanol–water partition coefficient (Wildman–Crippen LogP) is 12.7. The molecular weight excluding hydrogens is 885 g/mol. The van der Waals surface area contributed by atoms with Crippen LogP contribution >= 0.6 is 0 Å². The Kier molecular flexibility index (Phi) is 19.5. The second-order valence-electron chi connectivity index (χ2n) is 25.2. The van der Waals surface area contributed by atoms with Gasteiger partial charge in [-0.15, -0.1) is 0 Å². The first-order valence-corrected chi connectivity index (χ1v) is 33.9. The third-order valence-electron chi connectivity index (χ3n) is 15.7. The first kappa shape index (κ1) is 57.7. The van der Waals surface area contributed by atoms with E-state index < -0.39 is 60.4 Å². The number of carbonyl (C=O) groups excluding carboxylic acids is 1. The highest BCUT2D eigenvalue weighted by atomic mass is 28.4. The summed E-state index contributed by atoms with van der Waals surface area (Å²) < 4.78 is 67.7. The van der Waals surface area contributed by atoms with E-state index in [0.29, 0.717) is 45.5 Å². The van der Waals surface area contributed by atoms with Crippen LogP contribution in [0.5, 0.6) is 0 Å². The molecule has 66 heavy (non-hydrogen) atoms. The number of benzene rings is 1. The summed E-state index contributed by atoms with van der Waals surface area (Å²) in [5.41, 5.74) is 1.17. The maximum atomic E-state index is 13.2. The molecule has 14 heteroatoms. The minimum absolute atomic E-state index is 0.0129. The molecule has 3 aliphatic rings. The lowest BCUT2D eigenvalue weighted by molar-refractivity contribution is -0.345. The summed E-state index contributed by atoms with van der Waals surface area (Å²) >= 11 is 0.